The molecule has 1 aromatic carbocycles. The Bertz CT molecular complexity index is 297. The maximum Gasteiger partial charge on any atom is 0.0473 e. The van der Waals surface area contributed by atoms with Gasteiger partial charge in [0.2, 0.25) is 0 Å². The molecule has 0 saturated carbocycles. The fourth-order valence-electron chi connectivity index (χ4n) is 1.52. The molecule has 0 fully saturated rings. The van der Waals surface area contributed by atoms with Crippen LogP contribution in [0.5, 0.6) is 0 Å². The van der Waals surface area contributed by atoms with E-state index in [0.29, 0.717) is 11.8 Å². The van der Waals surface area contributed by atoms with E-state index >= 15 is 0 Å². The molecule has 1 aromatic rings. The molecule has 0 heterocycles. The van der Waals surface area contributed by atoms with Gasteiger partial charge in [0.1, 0.15) is 0 Å². The molecule has 1 atom stereocenters. The molecule has 3 heteroatoms. The predicted molar refractivity (Wildman–Crippen MR) is 71.3 cm³/mol. The van der Waals surface area contributed by atoms with Crippen LogP contribution in [-0.4, -0.2) is 18.3 Å². The standard InChI is InChI=1S/C13H20BrNO/c1-10(2)12(9-16)8-15-7-11-3-5-13(14)6-4-11/h3-6,10,12,15-16H,7-9H2,1-2H3. The second-order valence-electron chi connectivity index (χ2n) is 4.44. The average molecular weight is 286 g/mol. The van der Waals surface area contributed by atoms with Gasteiger partial charge in [-0.2, -0.15) is 0 Å². The van der Waals surface area contributed by atoms with Crippen molar-refractivity contribution in [2.75, 3.05) is 13.2 Å². The van der Waals surface area contributed by atoms with Crippen LogP contribution < -0.4 is 5.32 Å². The van der Waals surface area contributed by atoms with Crippen LogP contribution in [0.2, 0.25) is 0 Å². The first-order valence-electron chi connectivity index (χ1n) is 5.69. The van der Waals surface area contributed by atoms with Gasteiger partial charge < -0.3 is 10.4 Å². The number of rotatable bonds is 6. The summed E-state index contributed by atoms with van der Waals surface area (Å²) in [5.41, 5.74) is 1.27. The fourth-order valence-corrected chi connectivity index (χ4v) is 1.78. The number of nitrogens with one attached hydrogen (secondary N) is 1. The summed E-state index contributed by atoms with van der Waals surface area (Å²) in [4.78, 5) is 0. The van der Waals surface area contributed by atoms with E-state index in [9.17, 15) is 5.11 Å². The van der Waals surface area contributed by atoms with Gasteiger partial charge in [0.15, 0.2) is 0 Å². The predicted octanol–water partition coefficient (Wildman–Crippen LogP) is 2.80. The number of hydrogen-bond acceptors (Lipinski definition) is 2. The average Bonchev–Trinajstić information content (AvgIpc) is 2.26. The van der Waals surface area contributed by atoms with Gasteiger partial charge in [-0.25, -0.2) is 0 Å². The molecule has 0 aliphatic rings. The Morgan fingerprint density at radius 3 is 2.38 bits per heavy atom. The number of halogens is 1. The summed E-state index contributed by atoms with van der Waals surface area (Å²) in [6, 6.07) is 8.28. The molecule has 0 aliphatic heterocycles. The van der Waals surface area contributed by atoms with Gasteiger partial charge in [-0.3, -0.25) is 0 Å². The highest BCUT2D eigenvalue weighted by molar-refractivity contribution is 9.10. The van der Waals surface area contributed by atoms with Gasteiger partial charge in [-0.15, -0.1) is 0 Å². The van der Waals surface area contributed by atoms with Crippen LogP contribution in [0.25, 0.3) is 0 Å². The Kier molecular flexibility index (Phi) is 6.03. The Labute approximate surface area is 106 Å². The van der Waals surface area contributed by atoms with Gasteiger partial charge in [-0.1, -0.05) is 41.9 Å². The third-order valence-electron chi connectivity index (χ3n) is 2.83. The van der Waals surface area contributed by atoms with E-state index in [0.717, 1.165) is 17.6 Å². The Balaban J connectivity index is 2.32. The molecule has 0 amide bonds. The summed E-state index contributed by atoms with van der Waals surface area (Å²) in [6.07, 6.45) is 0. The highest BCUT2D eigenvalue weighted by Gasteiger charge is 2.10. The molecule has 2 nitrogen and oxygen atoms in total. The van der Waals surface area contributed by atoms with E-state index in [1.807, 2.05) is 12.1 Å². The zero-order chi connectivity index (χ0) is 12.0. The maximum atomic E-state index is 9.18. The highest BCUT2D eigenvalue weighted by atomic mass is 79.9. The first-order chi connectivity index (χ1) is 7.63. The fraction of sp³-hybridized carbons (Fsp3) is 0.538. The second-order valence-corrected chi connectivity index (χ2v) is 5.36. The van der Waals surface area contributed by atoms with Crippen LogP contribution in [0.15, 0.2) is 28.7 Å². The van der Waals surface area contributed by atoms with Crippen LogP contribution >= 0.6 is 15.9 Å². The largest absolute Gasteiger partial charge is 0.396 e. The first kappa shape index (κ1) is 13.7. The Morgan fingerprint density at radius 1 is 1.25 bits per heavy atom. The van der Waals surface area contributed by atoms with Crippen molar-refractivity contribution < 1.29 is 5.11 Å². The molecule has 0 aromatic heterocycles. The number of hydrogen-bond donors (Lipinski definition) is 2. The van der Waals surface area contributed by atoms with Crippen molar-refractivity contribution >= 4 is 15.9 Å². The van der Waals surface area contributed by atoms with Crippen LogP contribution in [0, 0.1) is 11.8 Å². The van der Waals surface area contributed by atoms with Crippen molar-refractivity contribution in [1.82, 2.24) is 5.32 Å². The molecule has 0 saturated heterocycles. The SMILES string of the molecule is CC(C)C(CO)CNCc1ccc(Br)cc1. The zero-order valence-corrected chi connectivity index (χ0v) is 11.5. The van der Waals surface area contributed by atoms with Gasteiger partial charge in [0, 0.05) is 24.2 Å². The molecular weight excluding hydrogens is 266 g/mol. The van der Waals surface area contributed by atoms with Crippen molar-refractivity contribution in [3.05, 3.63) is 34.3 Å². The summed E-state index contributed by atoms with van der Waals surface area (Å²) < 4.78 is 1.10. The van der Waals surface area contributed by atoms with Gasteiger partial charge in [0.05, 0.1) is 0 Å². The molecule has 0 radical (unpaired) electrons. The van der Waals surface area contributed by atoms with E-state index < -0.39 is 0 Å². The minimum atomic E-state index is 0.255. The lowest BCUT2D eigenvalue weighted by atomic mass is 9.97. The molecule has 0 aliphatic carbocycles. The molecule has 0 bridgehead atoms. The lowest BCUT2D eigenvalue weighted by molar-refractivity contribution is 0.186. The van der Waals surface area contributed by atoms with Gasteiger partial charge in [-0.05, 0) is 29.5 Å². The van der Waals surface area contributed by atoms with Crippen molar-refractivity contribution in [1.29, 1.82) is 0 Å². The van der Waals surface area contributed by atoms with E-state index in [1.54, 1.807) is 0 Å². The lowest BCUT2D eigenvalue weighted by Crippen LogP contribution is -2.28. The summed E-state index contributed by atoms with van der Waals surface area (Å²) in [7, 11) is 0. The topological polar surface area (TPSA) is 32.3 Å². The van der Waals surface area contributed by atoms with Gasteiger partial charge in [0.25, 0.3) is 0 Å². The summed E-state index contributed by atoms with van der Waals surface area (Å²) >= 11 is 3.41. The van der Waals surface area contributed by atoms with Crippen LogP contribution in [-0.2, 0) is 6.54 Å². The summed E-state index contributed by atoms with van der Waals surface area (Å²) in [5, 5.41) is 12.6. The molecule has 16 heavy (non-hydrogen) atoms. The Morgan fingerprint density at radius 2 is 1.88 bits per heavy atom. The molecule has 1 rings (SSSR count). The van der Waals surface area contributed by atoms with Crippen molar-refractivity contribution in [2.24, 2.45) is 11.8 Å². The number of benzene rings is 1. The van der Waals surface area contributed by atoms with Crippen molar-refractivity contribution in [2.45, 2.75) is 20.4 Å². The second kappa shape index (κ2) is 7.05. The van der Waals surface area contributed by atoms with E-state index in [1.165, 1.54) is 5.56 Å². The van der Waals surface area contributed by atoms with E-state index in [2.05, 4.69) is 47.2 Å². The van der Waals surface area contributed by atoms with Crippen LogP contribution in [0.4, 0.5) is 0 Å². The molecule has 90 valence electrons. The quantitative estimate of drug-likeness (QED) is 0.843. The number of aliphatic hydroxyl groups excluding tert-OH is 1. The molecular formula is C13H20BrNO. The Hall–Kier alpha value is -0.380. The van der Waals surface area contributed by atoms with E-state index in [4.69, 9.17) is 0 Å². The molecule has 1 unspecified atom stereocenters. The lowest BCUT2D eigenvalue weighted by Gasteiger charge is -2.18. The van der Waals surface area contributed by atoms with Gasteiger partial charge >= 0.3 is 0 Å². The van der Waals surface area contributed by atoms with Crippen molar-refractivity contribution in [3.8, 4) is 0 Å². The van der Waals surface area contributed by atoms with E-state index in [-0.39, 0.29) is 6.61 Å². The summed E-state index contributed by atoms with van der Waals surface area (Å²) in [6.45, 7) is 6.26. The highest BCUT2D eigenvalue weighted by Crippen LogP contribution is 2.11. The minimum absolute atomic E-state index is 0.255. The zero-order valence-electron chi connectivity index (χ0n) is 9.91. The molecule has 0 spiro atoms. The maximum absolute atomic E-state index is 9.18. The third-order valence-corrected chi connectivity index (χ3v) is 3.35. The van der Waals surface area contributed by atoms with Crippen molar-refractivity contribution in [3.63, 3.8) is 0 Å². The molecule has 2 N–H and O–H groups in total. The minimum Gasteiger partial charge on any atom is -0.396 e. The normalized spacial score (nSPS) is 13.1. The third kappa shape index (κ3) is 4.64. The first-order valence-corrected chi connectivity index (χ1v) is 6.48. The smallest absolute Gasteiger partial charge is 0.0473 e. The summed E-state index contributed by atoms with van der Waals surface area (Å²) in [5.74, 6) is 0.859. The van der Waals surface area contributed by atoms with Crippen LogP contribution in [0.1, 0.15) is 19.4 Å². The van der Waals surface area contributed by atoms with Crippen LogP contribution in [0.3, 0.4) is 0 Å². The monoisotopic (exact) mass is 285 g/mol. The number of aliphatic hydroxyl groups is 1.